The van der Waals surface area contributed by atoms with Crippen LogP contribution in [-0.4, -0.2) is 75.1 Å². The van der Waals surface area contributed by atoms with Crippen LogP contribution in [0, 0.1) is 5.92 Å². The van der Waals surface area contributed by atoms with Gasteiger partial charge in [-0.2, -0.15) is 0 Å². The summed E-state index contributed by atoms with van der Waals surface area (Å²) < 4.78 is 0. The normalized spacial score (nSPS) is 14.1. The number of hydrogen-bond acceptors (Lipinski definition) is 8. The van der Waals surface area contributed by atoms with Crippen molar-refractivity contribution in [3.8, 4) is 5.75 Å². The minimum Gasteiger partial charge on any atom is -0.508 e. The Morgan fingerprint density at radius 1 is 0.811 bits per heavy atom. The quantitative estimate of drug-likeness (QED) is 0.128. The predicted octanol–water partition coefficient (Wildman–Crippen LogP) is -1.80. The van der Waals surface area contributed by atoms with E-state index >= 15 is 0 Å². The number of aliphatic carboxylic acids is 2. The largest absolute Gasteiger partial charge is 0.508 e. The summed E-state index contributed by atoms with van der Waals surface area (Å²) >= 11 is 0. The summed E-state index contributed by atoms with van der Waals surface area (Å²) in [5, 5.41) is 34.7. The second-order valence-electron chi connectivity index (χ2n) is 8.90. The maximum Gasteiger partial charge on any atom is 0.326 e. The van der Waals surface area contributed by atoms with Crippen LogP contribution in [0.1, 0.15) is 38.7 Å². The first kappa shape index (κ1) is 30.8. The number of phenolic OH excluding ortho intramolecular Hbond substituents is 1. The van der Waals surface area contributed by atoms with Crippen molar-refractivity contribution >= 4 is 35.6 Å². The zero-order chi connectivity index (χ0) is 28.3. The van der Waals surface area contributed by atoms with Gasteiger partial charge >= 0.3 is 11.9 Å². The van der Waals surface area contributed by atoms with Crippen molar-refractivity contribution in [2.75, 3.05) is 0 Å². The number of rotatable bonds is 15. The first-order chi connectivity index (χ1) is 17.2. The van der Waals surface area contributed by atoms with Gasteiger partial charge in [-0.15, -0.1) is 0 Å². The van der Waals surface area contributed by atoms with Crippen LogP contribution in [0.5, 0.6) is 5.75 Å². The molecule has 0 aromatic heterocycles. The van der Waals surface area contributed by atoms with Crippen LogP contribution in [0.25, 0.3) is 0 Å². The van der Waals surface area contributed by atoms with E-state index < -0.39 is 72.6 Å². The van der Waals surface area contributed by atoms with Gasteiger partial charge in [0.2, 0.25) is 23.6 Å². The van der Waals surface area contributed by atoms with Gasteiger partial charge in [-0.1, -0.05) is 26.0 Å². The molecule has 1 rings (SSSR count). The zero-order valence-corrected chi connectivity index (χ0v) is 20.5. The van der Waals surface area contributed by atoms with E-state index in [4.69, 9.17) is 16.6 Å². The number of nitrogens with two attached hydrogens (primary N) is 2. The molecule has 4 atom stereocenters. The van der Waals surface area contributed by atoms with E-state index in [1.807, 2.05) is 0 Å². The lowest BCUT2D eigenvalue weighted by atomic mass is 10.00. The lowest BCUT2D eigenvalue weighted by molar-refractivity contribution is -0.143. The Kier molecular flexibility index (Phi) is 12.0. The third kappa shape index (κ3) is 11.4. The molecule has 0 fully saturated rings. The molecule has 0 radical (unpaired) electrons. The molecule has 4 amide bonds. The maximum absolute atomic E-state index is 13.1. The molecule has 1 aromatic rings. The molecule has 4 unspecified atom stereocenters. The molecule has 0 aliphatic rings. The SMILES string of the molecule is CC(C)CC(NC(=O)C(N)CC(=O)O)C(=O)NC(Cc1ccc(O)cc1)C(=O)NC(CC(N)=O)C(=O)O. The van der Waals surface area contributed by atoms with Crippen molar-refractivity contribution in [3.63, 3.8) is 0 Å². The smallest absolute Gasteiger partial charge is 0.326 e. The number of benzene rings is 1. The van der Waals surface area contributed by atoms with E-state index in [1.165, 1.54) is 24.3 Å². The van der Waals surface area contributed by atoms with Gasteiger partial charge in [0.15, 0.2) is 0 Å². The molecule has 0 heterocycles. The third-order valence-corrected chi connectivity index (χ3v) is 5.10. The second kappa shape index (κ2) is 14.4. The standard InChI is InChI=1S/C23H33N5O9/c1-11(2)7-15(26-20(33)14(24)9-19(31)32)21(34)27-16(8-12-3-5-13(29)6-4-12)22(35)28-17(23(36)37)10-18(25)30/h3-6,11,14-17,29H,7-10,24H2,1-2H3,(H2,25,30)(H,26,33)(H,27,34)(H,28,35)(H,31,32)(H,36,37). The average Bonchev–Trinajstić information content (AvgIpc) is 2.77. The molecule has 14 nitrogen and oxygen atoms in total. The number of carbonyl (C=O) groups excluding carboxylic acids is 4. The highest BCUT2D eigenvalue weighted by atomic mass is 16.4. The molecule has 204 valence electrons. The van der Waals surface area contributed by atoms with Crippen LogP contribution in [0.2, 0.25) is 0 Å². The number of aromatic hydroxyl groups is 1. The fraction of sp³-hybridized carbons (Fsp3) is 0.478. The number of nitrogens with one attached hydrogen (secondary N) is 3. The molecule has 1 aromatic carbocycles. The number of primary amides is 1. The topological polar surface area (TPSA) is 251 Å². The van der Waals surface area contributed by atoms with Crippen molar-refractivity contribution in [2.45, 2.75) is 63.7 Å². The highest BCUT2D eigenvalue weighted by molar-refractivity contribution is 5.95. The Hall–Kier alpha value is -4.20. The molecule has 37 heavy (non-hydrogen) atoms. The van der Waals surface area contributed by atoms with Gasteiger partial charge in [-0.3, -0.25) is 24.0 Å². The number of hydrogen-bond donors (Lipinski definition) is 8. The molecular weight excluding hydrogens is 490 g/mol. The predicted molar refractivity (Wildman–Crippen MR) is 129 cm³/mol. The minimum atomic E-state index is -1.65. The lowest BCUT2D eigenvalue weighted by Crippen LogP contribution is -2.58. The van der Waals surface area contributed by atoms with E-state index in [9.17, 15) is 39.0 Å². The number of carboxylic acid groups (broad SMARTS) is 2. The Bertz CT molecular complexity index is 997. The molecule has 0 saturated carbocycles. The second-order valence-corrected chi connectivity index (χ2v) is 8.90. The first-order valence-electron chi connectivity index (χ1n) is 11.4. The van der Waals surface area contributed by atoms with E-state index in [0.717, 1.165) is 0 Å². The molecular formula is C23H33N5O9. The molecule has 0 saturated heterocycles. The summed E-state index contributed by atoms with van der Waals surface area (Å²) in [7, 11) is 0. The number of amides is 4. The van der Waals surface area contributed by atoms with Crippen LogP contribution < -0.4 is 27.4 Å². The minimum absolute atomic E-state index is 0.0430. The number of phenols is 1. The molecule has 0 aliphatic heterocycles. The van der Waals surface area contributed by atoms with Crippen LogP contribution in [0.3, 0.4) is 0 Å². The van der Waals surface area contributed by atoms with Crippen molar-refractivity contribution in [2.24, 2.45) is 17.4 Å². The monoisotopic (exact) mass is 523 g/mol. The highest BCUT2D eigenvalue weighted by Crippen LogP contribution is 2.13. The van der Waals surface area contributed by atoms with Gasteiger partial charge in [-0.25, -0.2) is 4.79 Å². The van der Waals surface area contributed by atoms with E-state index in [-0.39, 0.29) is 24.5 Å². The fourth-order valence-corrected chi connectivity index (χ4v) is 3.29. The number of carbonyl (C=O) groups is 6. The molecule has 10 N–H and O–H groups in total. The third-order valence-electron chi connectivity index (χ3n) is 5.10. The Morgan fingerprint density at radius 2 is 1.32 bits per heavy atom. The van der Waals surface area contributed by atoms with Crippen LogP contribution in [-0.2, 0) is 35.2 Å². The molecule has 0 bridgehead atoms. The van der Waals surface area contributed by atoms with Gasteiger partial charge in [0, 0.05) is 6.42 Å². The Balaban J connectivity index is 3.17. The van der Waals surface area contributed by atoms with E-state index in [1.54, 1.807) is 13.8 Å². The fourth-order valence-electron chi connectivity index (χ4n) is 3.29. The lowest BCUT2D eigenvalue weighted by Gasteiger charge is -2.26. The Labute approximate surface area is 212 Å². The van der Waals surface area contributed by atoms with Gasteiger partial charge in [0.1, 0.15) is 23.9 Å². The highest BCUT2D eigenvalue weighted by Gasteiger charge is 2.31. The summed E-state index contributed by atoms with van der Waals surface area (Å²) in [5.74, 6) is -6.56. The summed E-state index contributed by atoms with van der Waals surface area (Å²) in [6, 6.07) is 0.0616. The molecule has 14 heteroatoms. The van der Waals surface area contributed by atoms with Crippen molar-refractivity contribution in [3.05, 3.63) is 29.8 Å². The first-order valence-corrected chi connectivity index (χ1v) is 11.4. The molecule has 0 spiro atoms. The van der Waals surface area contributed by atoms with Gasteiger partial charge in [-0.05, 0) is 30.0 Å². The summed E-state index contributed by atoms with van der Waals surface area (Å²) in [6.45, 7) is 3.54. The van der Waals surface area contributed by atoms with Crippen molar-refractivity contribution in [1.82, 2.24) is 16.0 Å². The van der Waals surface area contributed by atoms with Crippen LogP contribution in [0.15, 0.2) is 24.3 Å². The van der Waals surface area contributed by atoms with Gasteiger partial charge in [0.05, 0.1) is 18.9 Å². The van der Waals surface area contributed by atoms with Crippen molar-refractivity contribution in [1.29, 1.82) is 0 Å². The van der Waals surface area contributed by atoms with Crippen LogP contribution in [0.4, 0.5) is 0 Å². The summed E-state index contributed by atoms with van der Waals surface area (Å²) in [5.41, 5.74) is 11.1. The summed E-state index contributed by atoms with van der Waals surface area (Å²) in [6.07, 6.45) is -1.37. The van der Waals surface area contributed by atoms with E-state index in [0.29, 0.717) is 5.56 Å². The molecule has 0 aliphatic carbocycles. The summed E-state index contributed by atoms with van der Waals surface area (Å²) in [4.78, 5) is 72.0. The van der Waals surface area contributed by atoms with Gasteiger partial charge in [0.25, 0.3) is 0 Å². The van der Waals surface area contributed by atoms with Crippen LogP contribution >= 0.6 is 0 Å². The average molecular weight is 524 g/mol. The van der Waals surface area contributed by atoms with Gasteiger partial charge < -0.3 is 42.7 Å². The van der Waals surface area contributed by atoms with E-state index in [2.05, 4.69) is 16.0 Å². The van der Waals surface area contributed by atoms with Crippen molar-refractivity contribution < 1.29 is 44.1 Å². The Morgan fingerprint density at radius 3 is 1.81 bits per heavy atom. The number of carboxylic acids is 2. The maximum atomic E-state index is 13.1. The zero-order valence-electron chi connectivity index (χ0n) is 20.5.